The first-order valence-electron chi connectivity index (χ1n) is 5.62. The zero-order chi connectivity index (χ0) is 9.31. The summed E-state index contributed by atoms with van der Waals surface area (Å²) in [5.74, 6) is 0.869. The Bertz CT molecular complexity index is 179. The average Bonchev–Trinajstić information content (AvgIpc) is 3.01. The van der Waals surface area contributed by atoms with Gasteiger partial charge in [-0.25, -0.2) is 0 Å². The molecule has 1 saturated heterocycles. The summed E-state index contributed by atoms with van der Waals surface area (Å²) in [5.41, 5.74) is 0.242. The zero-order valence-electron chi connectivity index (χ0n) is 8.81. The van der Waals surface area contributed by atoms with E-state index >= 15 is 0 Å². The quantitative estimate of drug-likeness (QED) is 0.722. The lowest BCUT2D eigenvalue weighted by atomic mass is 9.84. The Morgan fingerprint density at radius 1 is 1.38 bits per heavy atom. The van der Waals surface area contributed by atoms with Gasteiger partial charge in [-0.2, -0.15) is 0 Å². The van der Waals surface area contributed by atoms with Gasteiger partial charge in [0.2, 0.25) is 0 Å². The lowest BCUT2D eigenvalue weighted by Crippen LogP contribution is -2.47. The molecule has 2 atom stereocenters. The van der Waals surface area contributed by atoms with Gasteiger partial charge >= 0.3 is 0 Å². The Morgan fingerprint density at radius 2 is 2.15 bits per heavy atom. The number of hydrogen-bond donors (Lipinski definition) is 1. The molecular formula is C11H21NO. The molecule has 0 aromatic carbocycles. The number of rotatable bonds is 3. The highest BCUT2D eigenvalue weighted by Crippen LogP contribution is 2.48. The Labute approximate surface area is 81.0 Å². The molecule has 2 fully saturated rings. The van der Waals surface area contributed by atoms with Gasteiger partial charge in [-0.05, 0) is 45.1 Å². The Hall–Kier alpha value is -0.0800. The molecule has 2 nitrogen and oxygen atoms in total. The maximum absolute atomic E-state index is 6.03. The molecule has 0 aromatic heterocycles. The van der Waals surface area contributed by atoms with Crippen LogP contribution >= 0.6 is 0 Å². The van der Waals surface area contributed by atoms with E-state index < -0.39 is 0 Å². The van der Waals surface area contributed by atoms with E-state index in [9.17, 15) is 0 Å². The van der Waals surface area contributed by atoms with E-state index in [1.807, 2.05) is 0 Å². The van der Waals surface area contributed by atoms with Crippen LogP contribution in [0.25, 0.3) is 0 Å². The van der Waals surface area contributed by atoms with Crippen LogP contribution < -0.4 is 5.32 Å². The van der Waals surface area contributed by atoms with Crippen molar-refractivity contribution in [2.45, 2.75) is 50.7 Å². The predicted octanol–water partition coefficient (Wildman–Crippen LogP) is 1.94. The summed E-state index contributed by atoms with van der Waals surface area (Å²) in [4.78, 5) is 0. The highest BCUT2D eigenvalue weighted by atomic mass is 16.5. The number of hydrogen-bond acceptors (Lipinski definition) is 2. The molecule has 1 N–H and O–H groups in total. The highest BCUT2D eigenvalue weighted by Gasteiger charge is 2.47. The maximum Gasteiger partial charge on any atom is 0.0722 e. The molecule has 0 aromatic rings. The van der Waals surface area contributed by atoms with Crippen LogP contribution in [0.1, 0.15) is 39.0 Å². The molecule has 13 heavy (non-hydrogen) atoms. The minimum Gasteiger partial charge on any atom is -0.375 e. The topological polar surface area (TPSA) is 21.3 Å². The largest absolute Gasteiger partial charge is 0.375 e. The Kier molecular flexibility index (Phi) is 2.61. The molecule has 0 radical (unpaired) electrons. The molecule has 0 amide bonds. The average molecular weight is 183 g/mol. The van der Waals surface area contributed by atoms with Gasteiger partial charge in [0.05, 0.1) is 5.60 Å². The first-order valence-corrected chi connectivity index (χ1v) is 5.62. The smallest absolute Gasteiger partial charge is 0.0722 e. The minimum atomic E-state index is 0.242. The van der Waals surface area contributed by atoms with Crippen LogP contribution in [0.2, 0.25) is 0 Å². The lowest BCUT2D eigenvalue weighted by molar-refractivity contribution is -0.105. The van der Waals surface area contributed by atoms with Crippen LogP contribution in [0.3, 0.4) is 0 Å². The maximum atomic E-state index is 6.03. The normalized spacial score (nSPS) is 40.6. The van der Waals surface area contributed by atoms with E-state index in [4.69, 9.17) is 4.74 Å². The van der Waals surface area contributed by atoms with Crippen LogP contribution in [-0.4, -0.2) is 25.3 Å². The Morgan fingerprint density at radius 3 is 2.69 bits per heavy atom. The van der Waals surface area contributed by atoms with Crippen molar-refractivity contribution in [2.24, 2.45) is 5.92 Å². The van der Waals surface area contributed by atoms with Crippen LogP contribution in [-0.2, 0) is 4.74 Å². The van der Waals surface area contributed by atoms with Gasteiger partial charge in [0.15, 0.2) is 0 Å². The standard InChI is InChI=1S/C11H21NO/c1-3-11(9-4-5-9)8-10(12-2)6-7-13-11/h9-10,12H,3-8H2,1-2H3. The van der Waals surface area contributed by atoms with E-state index in [2.05, 4.69) is 19.3 Å². The predicted molar refractivity (Wildman–Crippen MR) is 53.8 cm³/mol. The minimum absolute atomic E-state index is 0.242. The molecular weight excluding hydrogens is 162 g/mol. The molecule has 2 unspecified atom stereocenters. The second-order valence-corrected chi connectivity index (χ2v) is 4.52. The van der Waals surface area contributed by atoms with Gasteiger partial charge in [0.1, 0.15) is 0 Å². The molecule has 1 aliphatic carbocycles. The van der Waals surface area contributed by atoms with Crippen molar-refractivity contribution in [3.8, 4) is 0 Å². The number of ether oxygens (including phenoxy) is 1. The third-order valence-corrected chi connectivity index (χ3v) is 3.78. The highest BCUT2D eigenvalue weighted by molar-refractivity contribution is 4.99. The Balaban J connectivity index is 2.01. The van der Waals surface area contributed by atoms with Crippen molar-refractivity contribution in [1.82, 2.24) is 5.32 Å². The molecule has 0 spiro atoms. The fourth-order valence-electron chi connectivity index (χ4n) is 2.66. The summed E-state index contributed by atoms with van der Waals surface area (Å²) in [6.45, 7) is 3.23. The first kappa shape index (κ1) is 9.47. The number of nitrogens with one attached hydrogen (secondary N) is 1. The van der Waals surface area contributed by atoms with E-state index in [0.29, 0.717) is 6.04 Å². The van der Waals surface area contributed by atoms with Gasteiger partial charge in [0, 0.05) is 12.6 Å². The molecule has 76 valence electrons. The summed E-state index contributed by atoms with van der Waals surface area (Å²) < 4.78 is 6.03. The van der Waals surface area contributed by atoms with E-state index in [0.717, 1.165) is 12.5 Å². The van der Waals surface area contributed by atoms with Crippen LogP contribution in [0.15, 0.2) is 0 Å². The SMILES string of the molecule is CCC1(C2CC2)CC(NC)CCO1. The molecule has 2 heteroatoms. The zero-order valence-corrected chi connectivity index (χ0v) is 8.81. The lowest BCUT2D eigenvalue weighted by Gasteiger charge is -2.41. The fourth-order valence-corrected chi connectivity index (χ4v) is 2.66. The summed E-state index contributed by atoms with van der Waals surface area (Å²) in [6, 6.07) is 0.689. The van der Waals surface area contributed by atoms with Gasteiger partial charge in [0.25, 0.3) is 0 Å². The molecule has 1 heterocycles. The molecule has 2 aliphatic rings. The van der Waals surface area contributed by atoms with Crippen molar-refractivity contribution < 1.29 is 4.74 Å². The van der Waals surface area contributed by atoms with Crippen molar-refractivity contribution in [2.75, 3.05) is 13.7 Å². The fraction of sp³-hybridized carbons (Fsp3) is 1.00. The van der Waals surface area contributed by atoms with E-state index in [1.165, 1.54) is 32.1 Å². The van der Waals surface area contributed by atoms with Gasteiger partial charge in [-0.15, -0.1) is 0 Å². The third-order valence-electron chi connectivity index (χ3n) is 3.78. The van der Waals surface area contributed by atoms with Crippen LogP contribution in [0, 0.1) is 5.92 Å². The van der Waals surface area contributed by atoms with Crippen molar-refractivity contribution in [3.05, 3.63) is 0 Å². The summed E-state index contributed by atoms with van der Waals surface area (Å²) in [5, 5.41) is 3.40. The molecule has 2 rings (SSSR count). The summed E-state index contributed by atoms with van der Waals surface area (Å²) >= 11 is 0. The monoisotopic (exact) mass is 183 g/mol. The van der Waals surface area contributed by atoms with Crippen molar-refractivity contribution in [1.29, 1.82) is 0 Å². The molecule has 0 bridgehead atoms. The van der Waals surface area contributed by atoms with Crippen LogP contribution in [0.4, 0.5) is 0 Å². The first-order chi connectivity index (χ1) is 6.30. The summed E-state index contributed by atoms with van der Waals surface area (Å²) in [6.07, 6.45) is 6.39. The second kappa shape index (κ2) is 3.58. The van der Waals surface area contributed by atoms with E-state index in [-0.39, 0.29) is 5.60 Å². The second-order valence-electron chi connectivity index (χ2n) is 4.52. The van der Waals surface area contributed by atoms with Gasteiger partial charge in [-0.3, -0.25) is 0 Å². The van der Waals surface area contributed by atoms with Gasteiger partial charge in [-0.1, -0.05) is 6.92 Å². The molecule has 1 aliphatic heterocycles. The van der Waals surface area contributed by atoms with Gasteiger partial charge < -0.3 is 10.1 Å². The molecule has 1 saturated carbocycles. The van der Waals surface area contributed by atoms with Crippen molar-refractivity contribution >= 4 is 0 Å². The third kappa shape index (κ3) is 1.75. The van der Waals surface area contributed by atoms with Crippen LogP contribution in [0.5, 0.6) is 0 Å². The summed E-state index contributed by atoms with van der Waals surface area (Å²) in [7, 11) is 2.07. The van der Waals surface area contributed by atoms with E-state index in [1.54, 1.807) is 0 Å². The van der Waals surface area contributed by atoms with Crippen molar-refractivity contribution in [3.63, 3.8) is 0 Å².